The fourth-order valence-electron chi connectivity index (χ4n) is 2.00. The van der Waals surface area contributed by atoms with E-state index < -0.39 is 0 Å². The van der Waals surface area contributed by atoms with Gasteiger partial charge in [-0.05, 0) is 17.7 Å². The first-order chi connectivity index (χ1) is 10.3. The topological polar surface area (TPSA) is 60.7 Å². The van der Waals surface area contributed by atoms with Crippen LogP contribution in [0.1, 0.15) is 15.9 Å². The Morgan fingerprint density at radius 1 is 1.19 bits per heavy atom. The quantitative estimate of drug-likeness (QED) is 0.684. The molecule has 104 valence electrons. The highest BCUT2D eigenvalue weighted by Gasteiger charge is 2.12. The molecule has 0 spiro atoms. The van der Waals surface area contributed by atoms with Gasteiger partial charge >= 0.3 is 0 Å². The first-order valence-corrected chi connectivity index (χ1v) is 7.09. The van der Waals surface area contributed by atoms with Crippen molar-refractivity contribution in [3.63, 3.8) is 0 Å². The third-order valence-corrected chi connectivity index (χ3v) is 3.51. The van der Waals surface area contributed by atoms with Crippen molar-refractivity contribution in [2.24, 2.45) is 0 Å². The van der Waals surface area contributed by atoms with Crippen molar-refractivity contribution >= 4 is 22.2 Å². The average Bonchev–Trinajstić information content (AvgIpc) is 2.93. The van der Waals surface area contributed by atoms with Crippen LogP contribution in [0.4, 0.5) is 0 Å². The third kappa shape index (κ3) is 3.05. The molecule has 0 saturated carbocycles. The van der Waals surface area contributed by atoms with Gasteiger partial charge in [0.05, 0.1) is 18.3 Å². The minimum absolute atomic E-state index is 0.507. The summed E-state index contributed by atoms with van der Waals surface area (Å²) >= 11 is 3.40. The van der Waals surface area contributed by atoms with Gasteiger partial charge in [0.25, 0.3) is 0 Å². The Labute approximate surface area is 129 Å². The van der Waals surface area contributed by atoms with E-state index in [1.54, 1.807) is 29.5 Å². The highest BCUT2D eigenvalue weighted by Crippen LogP contribution is 2.18. The Morgan fingerprint density at radius 2 is 2.00 bits per heavy atom. The molecule has 0 amide bonds. The van der Waals surface area contributed by atoms with Crippen LogP contribution in [-0.4, -0.2) is 26.0 Å². The molecule has 0 unspecified atom stereocenters. The van der Waals surface area contributed by atoms with Crippen LogP contribution in [0.5, 0.6) is 0 Å². The minimum atomic E-state index is 0.507. The highest BCUT2D eigenvalue weighted by atomic mass is 79.9. The summed E-state index contributed by atoms with van der Waals surface area (Å²) in [7, 11) is 0. The van der Waals surface area contributed by atoms with Gasteiger partial charge in [0, 0.05) is 23.1 Å². The zero-order valence-corrected chi connectivity index (χ0v) is 12.6. The lowest BCUT2D eigenvalue weighted by atomic mass is 10.2. The number of halogens is 1. The molecule has 6 heteroatoms. The van der Waals surface area contributed by atoms with E-state index in [9.17, 15) is 4.79 Å². The van der Waals surface area contributed by atoms with Crippen LogP contribution in [0.2, 0.25) is 0 Å². The first-order valence-electron chi connectivity index (χ1n) is 6.30. The Balaban J connectivity index is 1.92. The molecule has 0 aliphatic carbocycles. The minimum Gasteiger partial charge on any atom is -0.298 e. The number of aldehydes is 1. The van der Waals surface area contributed by atoms with Gasteiger partial charge in [-0.25, -0.2) is 0 Å². The molecule has 0 bridgehead atoms. The predicted molar refractivity (Wildman–Crippen MR) is 81.9 cm³/mol. The number of carbonyl (C=O) groups excluding carboxylic acids is 1. The maximum Gasteiger partial charge on any atom is 0.153 e. The molecule has 0 radical (unpaired) electrons. The van der Waals surface area contributed by atoms with Gasteiger partial charge in [0.1, 0.15) is 11.4 Å². The van der Waals surface area contributed by atoms with Crippen molar-refractivity contribution in [1.82, 2.24) is 19.7 Å². The normalized spacial score (nSPS) is 10.5. The second-order valence-electron chi connectivity index (χ2n) is 4.47. The molecule has 2 aromatic heterocycles. The van der Waals surface area contributed by atoms with Gasteiger partial charge < -0.3 is 0 Å². The summed E-state index contributed by atoms with van der Waals surface area (Å²) < 4.78 is 2.76. The molecule has 2 heterocycles. The lowest BCUT2D eigenvalue weighted by Gasteiger charge is -2.02. The highest BCUT2D eigenvalue weighted by molar-refractivity contribution is 9.10. The molecule has 0 atom stereocenters. The maximum absolute atomic E-state index is 11.2. The van der Waals surface area contributed by atoms with Crippen molar-refractivity contribution in [3.8, 4) is 11.4 Å². The van der Waals surface area contributed by atoms with Gasteiger partial charge in [-0.3, -0.25) is 19.4 Å². The Bertz CT molecular complexity index is 753. The van der Waals surface area contributed by atoms with Gasteiger partial charge in [0.2, 0.25) is 0 Å². The summed E-state index contributed by atoms with van der Waals surface area (Å²) in [5, 5.41) is 4.44. The summed E-state index contributed by atoms with van der Waals surface area (Å²) in [5.41, 5.74) is 2.75. The zero-order valence-electron chi connectivity index (χ0n) is 11.0. The standard InChI is InChI=1S/C15H11BrN4O/c16-13-3-1-11(2-4-13)8-20-9-12(10-21)15(19-20)14-7-17-5-6-18-14/h1-7,9-10H,8H2. The van der Waals surface area contributed by atoms with Crippen LogP contribution in [0.3, 0.4) is 0 Å². The Kier molecular flexibility index (Phi) is 3.87. The average molecular weight is 343 g/mol. The van der Waals surface area contributed by atoms with Crippen molar-refractivity contribution in [3.05, 3.63) is 64.7 Å². The fraction of sp³-hybridized carbons (Fsp3) is 0.0667. The Morgan fingerprint density at radius 3 is 2.67 bits per heavy atom. The fourth-order valence-corrected chi connectivity index (χ4v) is 2.27. The van der Waals surface area contributed by atoms with E-state index in [0.29, 0.717) is 23.5 Å². The van der Waals surface area contributed by atoms with Crippen molar-refractivity contribution < 1.29 is 4.79 Å². The summed E-state index contributed by atoms with van der Waals surface area (Å²) in [6.45, 7) is 0.592. The van der Waals surface area contributed by atoms with Crippen LogP contribution >= 0.6 is 15.9 Å². The van der Waals surface area contributed by atoms with Gasteiger partial charge in [-0.15, -0.1) is 0 Å². The van der Waals surface area contributed by atoms with Crippen molar-refractivity contribution in [2.75, 3.05) is 0 Å². The van der Waals surface area contributed by atoms with Crippen molar-refractivity contribution in [1.29, 1.82) is 0 Å². The monoisotopic (exact) mass is 342 g/mol. The van der Waals surface area contributed by atoms with E-state index in [1.807, 2.05) is 24.3 Å². The number of hydrogen-bond donors (Lipinski definition) is 0. The summed E-state index contributed by atoms with van der Waals surface area (Å²) in [6.07, 6.45) is 7.27. The van der Waals surface area contributed by atoms with Crippen LogP contribution < -0.4 is 0 Å². The van der Waals surface area contributed by atoms with E-state index in [0.717, 1.165) is 16.3 Å². The number of nitrogens with zero attached hydrogens (tertiary/aromatic N) is 4. The molecule has 0 N–H and O–H groups in total. The molecule has 0 aliphatic heterocycles. The smallest absolute Gasteiger partial charge is 0.153 e. The summed E-state index contributed by atoms with van der Waals surface area (Å²) in [6, 6.07) is 7.97. The third-order valence-electron chi connectivity index (χ3n) is 2.98. The second-order valence-corrected chi connectivity index (χ2v) is 5.38. The molecule has 1 aromatic carbocycles. The van der Waals surface area contributed by atoms with Crippen LogP contribution in [0.15, 0.2) is 53.5 Å². The molecular weight excluding hydrogens is 332 g/mol. The molecule has 5 nitrogen and oxygen atoms in total. The molecule has 21 heavy (non-hydrogen) atoms. The number of aromatic nitrogens is 4. The SMILES string of the molecule is O=Cc1cn(Cc2ccc(Br)cc2)nc1-c1cnccn1. The lowest BCUT2D eigenvalue weighted by molar-refractivity contribution is 0.112. The van der Waals surface area contributed by atoms with Crippen LogP contribution in [-0.2, 0) is 6.54 Å². The predicted octanol–water partition coefficient (Wildman–Crippen LogP) is 2.96. The molecular formula is C15H11BrN4O. The number of rotatable bonds is 4. The number of benzene rings is 1. The zero-order chi connectivity index (χ0) is 14.7. The maximum atomic E-state index is 11.2. The second kappa shape index (κ2) is 5.97. The van der Waals surface area contributed by atoms with E-state index in [4.69, 9.17) is 0 Å². The van der Waals surface area contributed by atoms with Gasteiger partial charge in [0.15, 0.2) is 6.29 Å². The lowest BCUT2D eigenvalue weighted by Crippen LogP contribution is -2.00. The molecule has 0 fully saturated rings. The Hall–Kier alpha value is -2.34. The van der Waals surface area contributed by atoms with E-state index in [-0.39, 0.29) is 0 Å². The largest absolute Gasteiger partial charge is 0.298 e. The van der Waals surface area contributed by atoms with Crippen LogP contribution in [0.25, 0.3) is 11.4 Å². The van der Waals surface area contributed by atoms with E-state index in [2.05, 4.69) is 31.0 Å². The molecule has 0 saturated heterocycles. The summed E-state index contributed by atoms with van der Waals surface area (Å²) in [4.78, 5) is 19.4. The first kappa shape index (κ1) is 13.6. The van der Waals surface area contributed by atoms with E-state index in [1.165, 1.54) is 0 Å². The van der Waals surface area contributed by atoms with Crippen molar-refractivity contribution in [2.45, 2.75) is 6.54 Å². The summed E-state index contributed by atoms with van der Waals surface area (Å²) in [5.74, 6) is 0. The number of hydrogen-bond acceptors (Lipinski definition) is 4. The molecule has 3 rings (SSSR count). The van der Waals surface area contributed by atoms with Gasteiger partial charge in [-0.1, -0.05) is 28.1 Å². The van der Waals surface area contributed by atoms with Gasteiger partial charge in [-0.2, -0.15) is 5.10 Å². The molecule has 3 aromatic rings. The van der Waals surface area contributed by atoms with E-state index >= 15 is 0 Å². The van der Waals surface area contributed by atoms with Crippen LogP contribution in [0, 0.1) is 0 Å². The molecule has 0 aliphatic rings. The number of carbonyl (C=O) groups is 1.